The van der Waals surface area contributed by atoms with E-state index in [1.165, 1.54) is 11.8 Å². The van der Waals surface area contributed by atoms with E-state index < -0.39 is 0 Å². The van der Waals surface area contributed by atoms with Gasteiger partial charge in [0.25, 0.3) is 5.91 Å². The minimum absolute atomic E-state index is 0.0689. The van der Waals surface area contributed by atoms with Gasteiger partial charge in [0.1, 0.15) is 11.5 Å². The molecule has 1 atom stereocenters. The van der Waals surface area contributed by atoms with Gasteiger partial charge in [0.15, 0.2) is 11.0 Å². The average molecular weight is 456 g/mol. The molecule has 7 nitrogen and oxygen atoms in total. The number of amides is 1. The van der Waals surface area contributed by atoms with E-state index >= 15 is 0 Å². The van der Waals surface area contributed by atoms with E-state index in [0.717, 1.165) is 21.3 Å². The predicted molar refractivity (Wildman–Crippen MR) is 119 cm³/mol. The topological polar surface area (TPSA) is 76.5 Å². The summed E-state index contributed by atoms with van der Waals surface area (Å²) < 4.78 is 7.42. The molecule has 10 heteroatoms. The van der Waals surface area contributed by atoms with Gasteiger partial charge in [0.2, 0.25) is 0 Å². The van der Waals surface area contributed by atoms with Crippen molar-refractivity contribution < 1.29 is 9.21 Å². The molecular weight excluding hydrogens is 438 g/mol. The normalized spacial score (nSPS) is 16.2. The number of hydrogen-bond acceptors (Lipinski definition) is 8. The predicted octanol–water partition coefficient (Wildman–Crippen LogP) is 4.67. The number of hydrogen-bond donors (Lipinski definition) is 0. The van der Waals surface area contributed by atoms with Gasteiger partial charge in [-0.1, -0.05) is 23.9 Å². The van der Waals surface area contributed by atoms with E-state index in [1.807, 2.05) is 58.8 Å². The van der Waals surface area contributed by atoms with Crippen LogP contribution in [0.1, 0.15) is 23.1 Å². The number of carbonyl (C=O) groups excluding carboxylic acids is 1. The number of thiophene rings is 2. The van der Waals surface area contributed by atoms with Crippen molar-refractivity contribution >= 4 is 46.1 Å². The highest BCUT2D eigenvalue weighted by Gasteiger charge is 2.34. The molecule has 30 heavy (non-hydrogen) atoms. The zero-order valence-corrected chi connectivity index (χ0v) is 18.4. The molecule has 0 bridgehead atoms. The molecule has 4 aromatic heterocycles. The molecule has 1 aliphatic rings. The van der Waals surface area contributed by atoms with Crippen molar-refractivity contribution in [3.05, 3.63) is 64.1 Å². The van der Waals surface area contributed by atoms with Crippen molar-refractivity contribution in [2.75, 3.05) is 5.75 Å². The van der Waals surface area contributed by atoms with Crippen LogP contribution in [0.3, 0.4) is 0 Å². The maximum absolute atomic E-state index is 13.1. The minimum Gasteiger partial charge on any atom is -0.463 e. The second-order valence-corrected chi connectivity index (χ2v) is 9.50. The molecule has 4 aromatic rings. The monoisotopic (exact) mass is 455 g/mol. The van der Waals surface area contributed by atoms with Gasteiger partial charge in [0.05, 0.1) is 22.9 Å². The molecule has 0 spiro atoms. The minimum atomic E-state index is -0.112. The molecule has 0 saturated heterocycles. The first-order chi connectivity index (χ1) is 14.7. The maximum atomic E-state index is 13.1. The van der Waals surface area contributed by atoms with Crippen LogP contribution in [0.4, 0.5) is 0 Å². The van der Waals surface area contributed by atoms with Crippen LogP contribution in [-0.2, 0) is 11.8 Å². The Hall–Kier alpha value is -2.69. The quantitative estimate of drug-likeness (QED) is 0.395. The number of carbonyl (C=O) groups is 1. The number of thioether (sulfide) groups is 1. The van der Waals surface area contributed by atoms with E-state index in [9.17, 15) is 4.79 Å². The van der Waals surface area contributed by atoms with Crippen LogP contribution in [0.25, 0.3) is 10.7 Å². The van der Waals surface area contributed by atoms with Crippen LogP contribution in [-0.4, -0.2) is 37.1 Å². The van der Waals surface area contributed by atoms with Crippen LogP contribution >= 0.6 is 34.4 Å². The summed E-state index contributed by atoms with van der Waals surface area (Å²) >= 11 is 4.61. The fraction of sp³-hybridized carbons (Fsp3) is 0.200. The molecule has 0 N–H and O–H groups in total. The van der Waals surface area contributed by atoms with Gasteiger partial charge in [-0.2, -0.15) is 5.10 Å². The Morgan fingerprint density at radius 2 is 2.07 bits per heavy atom. The second-order valence-electron chi connectivity index (χ2n) is 6.63. The number of aromatic nitrogens is 3. The average Bonchev–Trinajstić information content (AvgIpc) is 3.56. The standard InChI is InChI=1S/C20H17N5O2S3/c1-24-19(17-7-4-10-29-17)21-22-20(24)30-12-18(26)25-14(16-6-3-9-28-16)11-13(23-25)15-5-2-8-27-15/h2-10,14H,11-12H2,1H3. The lowest BCUT2D eigenvalue weighted by atomic mass is 10.1. The van der Waals surface area contributed by atoms with E-state index in [4.69, 9.17) is 4.42 Å². The second kappa shape index (κ2) is 8.21. The number of hydrazone groups is 1. The fourth-order valence-electron chi connectivity index (χ4n) is 3.29. The summed E-state index contributed by atoms with van der Waals surface area (Å²) in [6, 6.07) is 11.6. The van der Waals surface area contributed by atoms with E-state index in [2.05, 4.69) is 15.3 Å². The summed E-state index contributed by atoms with van der Waals surface area (Å²) in [4.78, 5) is 15.3. The Kier molecular flexibility index (Phi) is 5.28. The highest BCUT2D eigenvalue weighted by Crippen LogP contribution is 2.36. The molecule has 0 radical (unpaired) electrons. The number of furan rings is 1. The van der Waals surface area contributed by atoms with Gasteiger partial charge in [-0.25, -0.2) is 5.01 Å². The number of nitrogens with zero attached hydrogens (tertiary/aromatic N) is 5. The summed E-state index contributed by atoms with van der Waals surface area (Å²) in [5.74, 6) is 1.66. The van der Waals surface area contributed by atoms with Gasteiger partial charge in [-0.15, -0.1) is 32.9 Å². The SMILES string of the molecule is Cn1c(SCC(=O)N2N=C(c3ccco3)CC2c2cccs2)nnc1-c1cccs1. The summed E-state index contributed by atoms with van der Waals surface area (Å²) in [7, 11) is 1.92. The van der Waals surface area contributed by atoms with Crippen molar-refractivity contribution in [3.63, 3.8) is 0 Å². The molecule has 1 unspecified atom stereocenters. The molecule has 5 rings (SSSR count). The van der Waals surface area contributed by atoms with Crippen molar-refractivity contribution in [2.45, 2.75) is 17.6 Å². The lowest BCUT2D eigenvalue weighted by molar-refractivity contribution is -0.130. The van der Waals surface area contributed by atoms with Crippen molar-refractivity contribution in [1.82, 2.24) is 19.8 Å². The van der Waals surface area contributed by atoms with Gasteiger partial charge in [-0.05, 0) is 35.0 Å². The Labute approximate surface area is 185 Å². The maximum Gasteiger partial charge on any atom is 0.253 e. The van der Waals surface area contributed by atoms with Crippen molar-refractivity contribution in [2.24, 2.45) is 12.1 Å². The Balaban J connectivity index is 1.34. The lowest BCUT2D eigenvalue weighted by Crippen LogP contribution is -2.28. The Morgan fingerprint density at radius 1 is 1.20 bits per heavy atom. The van der Waals surface area contributed by atoms with Gasteiger partial charge < -0.3 is 8.98 Å². The molecule has 152 valence electrons. The third kappa shape index (κ3) is 3.62. The van der Waals surface area contributed by atoms with Crippen LogP contribution in [0.15, 0.2) is 68.1 Å². The summed E-state index contributed by atoms with van der Waals surface area (Å²) in [6.07, 6.45) is 2.26. The van der Waals surface area contributed by atoms with E-state index in [0.29, 0.717) is 17.3 Å². The van der Waals surface area contributed by atoms with Gasteiger partial charge in [0, 0.05) is 18.3 Å². The van der Waals surface area contributed by atoms with Crippen molar-refractivity contribution in [1.29, 1.82) is 0 Å². The van der Waals surface area contributed by atoms with E-state index in [1.54, 1.807) is 33.9 Å². The smallest absolute Gasteiger partial charge is 0.253 e. The van der Waals surface area contributed by atoms with Gasteiger partial charge >= 0.3 is 0 Å². The molecule has 1 aliphatic heterocycles. The molecular formula is C20H17N5O2S3. The van der Waals surface area contributed by atoms with Crippen LogP contribution in [0.5, 0.6) is 0 Å². The lowest BCUT2D eigenvalue weighted by Gasteiger charge is -2.20. The van der Waals surface area contributed by atoms with Crippen LogP contribution in [0, 0.1) is 0 Å². The van der Waals surface area contributed by atoms with Gasteiger partial charge in [-0.3, -0.25) is 4.79 Å². The summed E-state index contributed by atoms with van der Waals surface area (Å²) in [5.41, 5.74) is 0.787. The van der Waals surface area contributed by atoms with Crippen molar-refractivity contribution in [3.8, 4) is 10.7 Å². The molecule has 0 aliphatic carbocycles. The Bertz CT molecular complexity index is 1160. The highest BCUT2D eigenvalue weighted by molar-refractivity contribution is 7.99. The zero-order valence-electron chi connectivity index (χ0n) is 16.0. The molecule has 0 saturated carbocycles. The first-order valence-corrected chi connectivity index (χ1v) is 12.0. The Morgan fingerprint density at radius 3 is 2.80 bits per heavy atom. The third-order valence-electron chi connectivity index (χ3n) is 4.74. The largest absolute Gasteiger partial charge is 0.463 e. The highest BCUT2D eigenvalue weighted by atomic mass is 32.2. The third-order valence-corrected chi connectivity index (χ3v) is 7.59. The summed E-state index contributed by atoms with van der Waals surface area (Å²) in [5, 5.41) is 19.5. The first kappa shape index (κ1) is 19.3. The summed E-state index contributed by atoms with van der Waals surface area (Å²) in [6.45, 7) is 0. The molecule has 1 amide bonds. The number of rotatable bonds is 6. The molecule has 5 heterocycles. The van der Waals surface area contributed by atoms with E-state index in [-0.39, 0.29) is 17.7 Å². The van der Waals surface area contributed by atoms with Crippen LogP contribution in [0.2, 0.25) is 0 Å². The molecule has 0 aromatic carbocycles. The first-order valence-electron chi connectivity index (χ1n) is 9.23. The fourth-order valence-corrected chi connectivity index (χ4v) is 5.61. The van der Waals surface area contributed by atoms with Crippen LogP contribution < -0.4 is 0 Å². The zero-order chi connectivity index (χ0) is 20.5. The molecule has 0 fully saturated rings.